The highest BCUT2D eigenvalue weighted by Gasteiger charge is 2.49. The second-order valence-electron chi connectivity index (χ2n) is 10.0. The number of carbonyl (C=O) groups excluding carboxylic acids is 2. The Hall–Kier alpha value is -3.40. The standard InChI is InChI=1S/C26H33N7O3/c1-33-13-5-6-17(33)16-36-22-14-20(30-21-15-28-11-12-29-21)31-25(32-22)23(27)18-7-4-10-26(24(18)35)9-3-2-8-19(26)34/h11-12,14-15,17H,2-10,13,16,27H2,1H3,(H,29,30,31,32)/b23-18-/t17-,26+/m0/s1. The summed E-state index contributed by atoms with van der Waals surface area (Å²) in [5.41, 5.74) is 6.30. The summed E-state index contributed by atoms with van der Waals surface area (Å²) in [6.07, 6.45) is 11.6. The molecule has 2 aromatic heterocycles. The van der Waals surface area contributed by atoms with Crippen LogP contribution in [0.25, 0.3) is 5.70 Å². The molecule has 2 aliphatic carbocycles. The van der Waals surface area contributed by atoms with Crippen LogP contribution in [-0.2, 0) is 9.59 Å². The predicted octanol–water partition coefficient (Wildman–Crippen LogP) is 3.04. The van der Waals surface area contributed by atoms with Crippen molar-refractivity contribution in [1.29, 1.82) is 0 Å². The minimum atomic E-state index is -0.932. The van der Waals surface area contributed by atoms with E-state index >= 15 is 0 Å². The fourth-order valence-electron chi connectivity index (χ4n) is 5.62. The van der Waals surface area contributed by atoms with Crippen LogP contribution < -0.4 is 15.8 Å². The zero-order valence-corrected chi connectivity index (χ0v) is 20.7. The van der Waals surface area contributed by atoms with E-state index in [2.05, 4.69) is 37.2 Å². The maximum Gasteiger partial charge on any atom is 0.219 e. The first-order valence-corrected chi connectivity index (χ1v) is 12.8. The van der Waals surface area contributed by atoms with E-state index in [0.29, 0.717) is 61.4 Å². The van der Waals surface area contributed by atoms with Crippen LogP contribution in [0, 0.1) is 5.41 Å². The highest BCUT2D eigenvalue weighted by atomic mass is 16.5. The number of likely N-dealkylation sites (N-methyl/N-ethyl adjacent to an activating group) is 1. The van der Waals surface area contributed by atoms with Gasteiger partial charge in [0.2, 0.25) is 5.88 Å². The van der Waals surface area contributed by atoms with Gasteiger partial charge in [0.25, 0.3) is 0 Å². The Morgan fingerprint density at radius 3 is 2.75 bits per heavy atom. The lowest BCUT2D eigenvalue weighted by Crippen LogP contribution is -2.45. The second-order valence-corrected chi connectivity index (χ2v) is 10.0. The van der Waals surface area contributed by atoms with Gasteiger partial charge in [-0.15, -0.1) is 0 Å². The average molecular weight is 492 g/mol. The Morgan fingerprint density at radius 2 is 2.00 bits per heavy atom. The lowest BCUT2D eigenvalue weighted by Gasteiger charge is -2.38. The molecule has 190 valence electrons. The fourth-order valence-corrected chi connectivity index (χ4v) is 5.62. The fraction of sp³-hybridized carbons (Fsp3) is 0.538. The monoisotopic (exact) mass is 491 g/mol. The minimum Gasteiger partial charge on any atom is -0.476 e. The Labute approximate surface area is 210 Å². The Kier molecular flexibility index (Phi) is 6.95. The van der Waals surface area contributed by atoms with Gasteiger partial charge < -0.3 is 20.7 Å². The van der Waals surface area contributed by atoms with Gasteiger partial charge in [-0.05, 0) is 58.5 Å². The Bertz CT molecular complexity index is 1170. The van der Waals surface area contributed by atoms with Gasteiger partial charge in [-0.1, -0.05) is 6.42 Å². The van der Waals surface area contributed by atoms with Gasteiger partial charge in [0.1, 0.15) is 24.0 Å². The van der Waals surface area contributed by atoms with Crippen LogP contribution in [0.2, 0.25) is 0 Å². The number of hydrogen-bond acceptors (Lipinski definition) is 10. The maximum absolute atomic E-state index is 13.6. The van der Waals surface area contributed by atoms with Crippen LogP contribution in [0.5, 0.6) is 5.88 Å². The van der Waals surface area contributed by atoms with Gasteiger partial charge in [0.15, 0.2) is 11.6 Å². The number of ether oxygens (including phenoxy) is 1. The number of anilines is 2. The van der Waals surface area contributed by atoms with E-state index in [1.54, 1.807) is 24.7 Å². The smallest absolute Gasteiger partial charge is 0.219 e. The van der Waals surface area contributed by atoms with Gasteiger partial charge >= 0.3 is 0 Å². The molecule has 2 saturated carbocycles. The summed E-state index contributed by atoms with van der Waals surface area (Å²) in [6.45, 7) is 1.54. The van der Waals surface area contributed by atoms with Crippen molar-refractivity contribution >= 4 is 28.9 Å². The van der Waals surface area contributed by atoms with E-state index < -0.39 is 5.41 Å². The summed E-state index contributed by atoms with van der Waals surface area (Å²) in [5, 5.41) is 3.12. The molecular weight excluding hydrogens is 458 g/mol. The molecule has 0 unspecified atom stereocenters. The summed E-state index contributed by atoms with van der Waals surface area (Å²) < 4.78 is 6.08. The molecule has 36 heavy (non-hydrogen) atoms. The molecule has 3 aliphatic rings. The molecule has 0 bridgehead atoms. The Morgan fingerprint density at radius 1 is 1.14 bits per heavy atom. The third-order valence-electron chi connectivity index (χ3n) is 7.71. The van der Waals surface area contributed by atoms with Crippen molar-refractivity contribution in [2.45, 2.75) is 63.8 Å². The van der Waals surface area contributed by atoms with Gasteiger partial charge in [0.05, 0.1) is 17.3 Å². The van der Waals surface area contributed by atoms with Crippen LogP contribution in [0.15, 0.2) is 30.2 Å². The molecule has 0 radical (unpaired) electrons. The van der Waals surface area contributed by atoms with Crippen molar-refractivity contribution in [3.63, 3.8) is 0 Å². The molecule has 1 aliphatic heterocycles. The second kappa shape index (κ2) is 10.3. The average Bonchev–Trinajstić information content (AvgIpc) is 3.30. The third-order valence-corrected chi connectivity index (χ3v) is 7.71. The normalized spacial score (nSPS) is 26.3. The number of carbonyl (C=O) groups is 2. The number of rotatable bonds is 6. The highest BCUT2D eigenvalue weighted by Crippen LogP contribution is 2.45. The molecule has 3 fully saturated rings. The van der Waals surface area contributed by atoms with Gasteiger partial charge in [-0.3, -0.25) is 14.6 Å². The first-order chi connectivity index (χ1) is 17.5. The quantitative estimate of drug-likeness (QED) is 0.458. The first kappa shape index (κ1) is 24.3. The molecule has 0 amide bonds. The van der Waals surface area contributed by atoms with Crippen LogP contribution in [0.3, 0.4) is 0 Å². The third kappa shape index (κ3) is 4.82. The molecule has 0 aromatic carbocycles. The molecule has 5 rings (SSSR count). The van der Waals surface area contributed by atoms with E-state index in [-0.39, 0.29) is 23.1 Å². The largest absolute Gasteiger partial charge is 0.476 e. The van der Waals surface area contributed by atoms with E-state index in [0.717, 1.165) is 38.6 Å². The topological polar surface area (TPSA) is 136 Å². The van der Waals surface area contributed by atoms with E-state index in [9.17, 15) is 9.59 Å². The van der Waals surface area contributed by atoms with E-state index in [4.69, 9.17) is 10.5 Å². The van der Waals surface area contributed by atoms with E-state index in [1.165, 1.54) is 0 Å². The van der Waals surface area contributed by atoms with Crippen LogP contribution in [0.1, 0.15) is 63.6 Å². The molecule has 10 heteroatoms. The SMILES string of the molecule is CN1CCC[C@H]1COc1cc(Nc2cnccn2)nc(/C(N)=C2\CCC[C@@]3(CCCCC3=O)C2=O)n1. The number of ketones is 2. The minimum absolute atomic E-state index is 0.0486. The molecule has 2 atom stereocenters. The van der Waals surface area contributed by atoms with Crippen molar-refractivity contribution in [3.05, 3.63) is 36.1 Å². The van der Waals surface area contributed by atoms with Crippen molar-refractivity contribution in [1.82, 2.24) is 24.8 Å². The number of nitrogens with one attached hydrogen (secondary N) is 1. The molecule has 1 saturated heterocycles. The summed E-state index contributed by atoms with van der Waals surface area (Å²) in [5.74, 6) is 1.42. The summed E-state index contributed by atoms with van der Waals surface area (Å²) in [4.78, 5) is 46.3. The molecular formula is C26H33N7O3. The zero-order valence-electron chi connectivity index (χ0n) is 20.7. The number of nitrogens with two attached hydrogens (primary N) is 1. The van der Waals surface area contributed by atoms with Gasteiger partial charge in [-0.25, -0.2) is 9.97 Å². The zero-order chi connectivity index (χ0) is 25.1. The number of Topliss-reactive ketones (excluding diaryl/α,β-unsaturated/α-hetero) is 2. The highest BCUT2D eigenvalue weighted by molar-refractivity contribution is 6.17. The lowest BCUT2D eigenvalue weighted by atomic mass is 9.62. The van der Waals surface area contributed by atoms with Gasteiger partial charge in [0, 0.05) is 36.5 Å². The number of nitrogens with zero attached hydrogens (tertiary/aromatic N) is 5. The number of allylic oxidation sites excluding steroid dienone is 1. The number of hydrogen-bond donors (Lipinski definition) is 2. The first-order valence-electron chi connectivity index (χ1n) is 12.8. The van der Waals surface area contributed by atoms with Crippen LogP contribution >= 0.6 is 0 Å². The molecule has 10 nitrogen and oxygen atoms in total. The molecule has 2 aromatic rings. The molecule has 1 spiro atoms. The van der Waals surface area contributed by atoms with Crippen LogP contribution in [-0.4, -0.2) is 62.6 Å². The molecule has 3 heterocycles. The van der Waals surface area contributed by atoms with Gasteiger partial charge in [-0.2, -0.15) is 4.98 Å². The summed E-state index contributed by atoms with van der Waals surface area (Å²) in [6, 6.07) is 2.01. The van der Waals surface area contributed by atoms with Crippen molar-refractivity contribution in [2.75, 3.05) is 25.5 Å². The van der Waals surface area contributed by atoms with E-state index in [1.807, 2.05) is 0 Å². The predicted molar refractivity (Wildman–Crippen MR) is 134 cm³/mol. The number of likely N-dealkylation sites (tertiary alicyclic amines) is 1. The van der Waals surface area contributed by atoms with Crippen molar-refractivity contribution in [3.8, 4) is 5.88 Å². The lowest BCUT2D eigenvalue weighted by molar-refractivity contribution is -0.143. The van der Waals surface area contributed by atoms with Crippen molar-refractivity contribution in [2.24, 2.45) is 11.1 Å². The van der Waals surface area contributed by atoms with Crippen LogP contribution in [0.4, 0.5) is 11.6 Å². The summed E-state index contributed by atoms with van der Waals surface area (Å²) >= 11 is 0. The maximum atomic E-state index is 13.6. The Balaban J connectivity index is 1.48. The number of aromatic nitrogens is 4. The molecule has 3 N–H and O–H groups in total. The van der Waals surface area contributed by atoms with Crippen molar-refractivity contribution < 1.29 is 14.3 Å². The summed E-state index contributed by atoms with van der Waals surface area (Å²) in [7, 11) is 2.09.